The van der Waals surface area contributed by atoms with Crippen LogP contribution in [-0.4, -0.2) is 31.3 Å². The van der Waals surface area contributed by atoms with Crippen LogP contribution < -0.4 is 9.47 Å². The van der Waals surface area contributed by atoms with Crippen LogP contribution in [0.4, 0.5) is 13.2 Å². The Morgan fingerprint density at radius 1 is 1.46 bits per heavy atom. The van der Waals surface area contributed by atoms with Crippen LogP contribution in [0.3, 0.4) is 0 Å². The number of thiazole rings is 1. The van der Waals surface area contributed by atoms with Crippen molar-refractivity contribution in [3.63, 3.8) is 0 Å². The van der Waals surface area contributed by atoms with E-state index >= 15 is 0 Å². The van der Waals surface area contributed by atoms with Crippen LogP contribution in [0, 0.1) is 5.82 Å². The van der Waals surface area contributed by atoms with Gasteiger partial charge >= 0.3 is 12.6 Å². The molecule has 0 aliphatic heterocycles. The molecule has 0 fully saturated rings. The molecule has 0 atom stereocenters. The Bertz CT molecular complexity index is 759. The predicted octanol–water partition coefficient (Wildman–Crippen LogP) is 4.52. The number of carbonyl (C=O) groups is 1. The van der Waals surface area contributed by atoms with Crippen LogP contribution in [0.1, 0.15) is 0 Å². The largest absolute Gasteiger partial charge is 0.480 e. The molecule has 0 spiro atoms. The first kappa shape index (κ1) is 18.8. The van der Waals surface area contributed by atoms with Gasteiger partial charge < -0.3 is 14.2 Å². The Morgan fingerprint density at radius 3 is 2.79 bits per heavy atom. The zero-order chi connectivity index (χ0) is 17.9. The number of esters is 1. The van der Waals surface area contributed by atoms with E-state index < -0.39 is 25.0 Å². The molecule has 1 heterocycles. The van der Waals surface area contributed by atoms with Crippen LogP contribution in [0.2, 0.25) is 5.02 Å². The lowest BCUT2D eigenvalue weighted by atomic mass is 10.1. The summed E-state index contributed by atoms with van der Waals surface area (Å²) in [5.74, 6) is -1.39. The van der Waals surface area contributed by atoms with Crippen LogP contribution in [-0.2, 0) is 9.53 Å². The maximum absolute atomic E-state index is 14.2. The van der Waals surface area contributed by atoms with E-state index in [1.54, 1.807) is 0 Å². The highest BCUT2D eigenvalue weighted by molar-refractivity contribution is 9.11. The van der Waals surface area contributed by atoms with Crippen molar-refractivity contribution in [2.45, 2.75) is 6.61 Å². The normalized spacial score (nSPS) is 10.8. The molecule has 0 saturated heterocycles. The highest BCUT2D eigenvalue weighted by Gasteiger charge is 2.20. The molecule has 0 N–H and O–H groups in total. The third-order valence-corrected chi connectivity index (χ3v) is 4.50. The molecule has 2 aromatic rings. The molecular formula is C13H8BrClF3NO4S. The van der Waals surface area contributed by atoms with Crippen molar-refractivity contribution in [3.8, 4) is 22.2 Å². The summed E-state index contributed by atoms with van der Waals surface area (Å²) in [6, 6.07) is 2.16. The molecule has 5 nitrogen and oxygen atoms in total. The van der Waals surface area contributed by atoms with E-state index in [1.165, 1.54) is 13.2 Å². The first-order chi connectivity index (χ1) is 11.3. The zero-order valence-electron chi connectivity index (χ0n) is 11.8. The van der Waals surface area contributed by atoms with E-state index in [4.69, 9.17) is 16.3 Å². The molecule has 0 saturated carbocycles. The maximum Gasteiger partial charge on any atom is 0.389 e. The second kappa shape index (κ2) is 8.04. The lowest BCUT2D eigenvalue weighted by Gasteiger charge is -2.09. The SMILES string of the molecule is COC(=O)COc1cc(-c2nc(OC(F)F)sc2Br)c(F)cc1Cl. The number of hydrogen-bond donors (Lipinski definition) is 0. The van der Waals surface area contributed by atoms with Crippen molar-refractivity contribution in [1.82, 2.24) is 4.98 Å². The monoisotopic (exact) mass is 445 g/mol. The molecule has 11 heteroatoms. The molecule has 1 aromatic heterocycles. The molecule has 2 rings (SSSR count). The van der Waals surface area contributed by atoms with E-state index in [0.29, 0.717) is 0 Å². The quantitative estimate of drug-likeness (QED) is 0.611. The molecule has 0 aliphatic carbocycles. The van der Waals surface area contributed by atoms with Crippen LogP contribution in [0.5, 0.6) is 10.9 Å². The van der Waals surface area contributed by atoms with E-state index in [1.807, 2.05) is 0 Å². The van der Waals surface area contributed by atoms with Gasteiger partial charge in [-0.15, -0.1) is 0 Å². The number of ether oxygens (including phenoxy) is 3. The molecule has 0 amide bonds. The number of benzene rings is 1. The van der Waals surface area contributed by atoms with Gasteiger partial charge in [-0.2, -0.15) is 8.78 Å². The highest BCUT2D eigenvalue weighted by Crippen LogP contribution is 2.41. The number of carbonyl (C=O) groups excluding carboxylic acids is 1. The standard InChI is InChI=1S/C13H8BrClF3NO4S/c1-21-9(20)4-22-8-2-5(7(16)3-6(8)15)10-11(14)24-13(19-10)23-12(17)18/h2-3,12H,4H2,1H3. The molecule has 130 valence electrons. The summed E-state index contributed by atoms with van der Waals surface area (Å²) in [5, 5.41) is -0.409. The second-order valence-corrected chi connectivity index (χ2v) is 6.79. The van der Waals surface area contributed by atoms with Gasteiger partial charge in [0.05, 0.1) is 12.1 Å². The predicted molar refractivity (Wildman–Crippen MR) is 84.4 cm³/mol. The lowest BCUT2D eigenvalue weighted by Crippen LogP contribution is -2.12. The summed E-state index contributed by atoms with van der Waals surface area (Å²) >= 11 is 9.74. The third-order valence-electron chi connectivity index (χ3n) is 2.61. The Labute approximate surface area is 151 Å². The second-order valence-electron chi connectivity index (χ2n) is 4.11. The average Bonchev–Trinajstić information content (AvgIpc) is 2.85. The fourth-order valence-corrected chi connectivity index (χ4v) is 3.18. The van der Waals surface area contributed by atoms with Crippen LogP contribution in [0.15, 0.2) is 15.9 Å². The minimum atomic E-state index is -3.05. The van der Waals surface area contributed by atoms with Gasteiger partial charge in [-0.3, -0.25) is 0 Å². The lowest BCUT2D eigenvalue weighted by molar-refractivity contribution is -0.142. The van der Waals surface area contributed by atoms with Gasteiger partial charge in [-0.1, -0.05) is 22.9 Å². The minimum absolute atomic E-state index is 0.00898. The molecule has 1 aromatic carbocycles. The average molecular weight is 447 g/mol. The van der Waals surface area contributed by atoms with Gasteiger partial charge in [0.2, 0.25) is 0 Å². The number of rotatable bonds is 6. The van der Waals surface area contributed by atoms with Crippen molar-refractivity contribution < 1.29 is 32.2 Å². The number of methoxy groups -OCH3 is 1. The number of nitrogens with zero attached hydrogens (tertiary/aromatic N) is 1. The minimum Gasteiger partial charge on any atom is -0.480 e. The van der Waals surface area contributed by atoms with Crippen molar-refractivity contribution in [3.05, 3.63) is 26.8 Å². The van der Waals surface area contributed by atoms with Crippen molar-refractivity contribution >= 4 is 44.8 Å². The number of aromatic nitrogens is 1. The number of halogens is 5. The van der Waals surface area contributed by atoms with Gasteiger partial charge in [0.25, 0.3) is 5.19 Å². The Kier molecular flexibility index (Phi) is 6.30. The van der Waals surface area contributed by atoms with E-state index in [2.05, 4.69) is 30.4 Å². The Morgan fingerprint density at radius 2 is 2.17 bits per heavy atom. The topological polar surface area (TPSA) is 57.7 Å². The van der Waals surface area contributed by atoms with Gasteiger partial charge in [-0.05, 0) is 28.1 Å². The summed E-state index contributed by atoms with van der Waals surface area (Å²) in [6.07, 6.45) is 0. The number of alkyl halides is 2. The van der Waals surface area contributed by atoms with E-state index in [9.17, 15) is 18.0 Å². The molecule has 0 bridgehead atoms. The van der Waals surface area contributed by atoms with Gasteiger partial charge in [0, 0.05) is 5.56 Å². The summed E-state index contributed by atoms with van der Waals surface area (Å²) in [7, 11) is 1.18. The molecule has 0 aliphatic rings. The fourth-order valence-electron chi connectivity index (χ4n) is 1.59. The van der Waals surface area contributed by atoms with Gasteiger partial charge in [0.15, 0.2) is 6.61 Å². The highest BCUT2D eigenvalue weighted by atomic mass is 79.9. The molecule has 0 radical (unpaired) electrons. The molecule has 24 heavy (non-hydrogen) atoms. The smallest absolute Gasteiger partial charge is 0.389 e. The Balaban J connectivity index is 2.36. The fraction of sp³-hybridized carbons (Fsp3) is 0.231. The Hall–Kier alpha value is -1.52. The van der Waals surface area contributed by atoms with Crippen molar-refractivity contribution in [2.24, 2.45) is 0 Å². The first-order valence-corrected chi connectivity index (χ1v) is 8.10. The summed E-state index contributed by atoms with van der Waals surface area (Å²) in [6.45, 7) is -3.48. The van der Waals surface area contributed by atoms with Crippen LogP contribution in [0.25, 0.3) is 11.3 Å². The zero-order valence-corrected chi connectivity index (χ0v) is 15.0. The summed E-state index contributed by atoms with van der Waals surface area (Å²) in [5.41, 5.74) is -0.0285. The van der Waals surface area contributed by atoms with Crippen molar-refractivity contribution in [1.29, 1.82) is 0 Å². The van der Waals surface area contributed by atoms with Crippen LogP contribution >= 0.6 is 38.9 Å². The van der Waals surface area contributed by atoms with E-state index in [-0.39, 0.29) is 31.0 Å². The van der Waals surface area contributed by atoms with Crippen molar-refractivity contribution in [2.75, 3.05) is 13.7 Å². The first-order valence-electron chi connectivity index (χ1n) is 6.12. The van der Waals surface area contributed by atoms with Gasteiger partial charge in [0.1, 0.15) is 21.0 Å². The molecule has 0 unspecified atom stereocenters. The van der Waals surface area contributed by atoms with E-state index in [0.717, 1.165) is 17.4 Å². The summed E-state index contributed by atoms with van der Waals surface area (Å²) < 4.78 is 52.7. The van der Waals surface area contributed by atoms with Gasteiger partial charge in [-0.25, -0.2) is 14.2 Å². The third kappa shape index (κ3) is 4.52. The number of hydrogen-bond acceptors (Lipinski definition) is 6. The maximum atomic E-state index is 14.2. The summed E-state index contributed by atoms with van der Waals surface area (Å²) in [4.78, 5) is 14.9. The molecular weight excluding hydrogens is 439 g/mol.